The quantitative estimate of drug-likeness (QED) is 0.0744. The smallest absolute Gasteiger partial charge is 0.335 e. The van der Waals surface area contributed by atoms with Crippen molar-refractivity contribution in [1.29, 1.82) is 0 Å². The van der Waals surface area contributed by atoms with Crippen LogP contribution in [0.3, 0.4) is 0 Å². The molecule has 4 aromatic carbocycles. The summed E-state index contributed by atoms with van der Waals surface area (Å²) in [6.07, 6.45) is 3.60. The van der Waals surface area contributed by atoms with Crippen molar-refractivity contribution in [2.45, 2.75) is 52.9 Å². The molecular weight excluding hydrogens is 973 g/mol. The molecule has 6 aromatic heterocycles. The van der Waals surface area contributed by atoms with E-state index >= 15 is 0 Å². The van der Waals surface area contributed by atoms with Gasteiger partial charge >= 0.3 is 17.1 Å². The van der Waals surface area contributed by atoms with Crippen molar-refractivity contribution in [1.82, 2.24) is 39.5 Å². The maximum Gasteiger partial charge on any atom is 0.335 e. The number of aryl methyl sites for hydroxylation is 5. The van der Waals surface area contributed by atoms with Gasteiger partial charge in [-0.15, -0.1) is 43.1 Å². The number of carboxylic acid groups (broad SMARTS) is 1. The average molecular weight is 1020 g/mol. The minimum absolute atomic E-state index is 0.0905. The summed E-state index contributed by atoms with van der Waals surface area (Å²) in [4.78, 5) is 61.2. The second-order valence-electron chi connectivity index (χ2n) is 16.0. The van der Waals surface area contributed by atoms with Crippen LogP contribution >= 0.6 is 45.3 Å². The Morgan fingerprint density at radius 3 is 1.66 bits per heavy atom. The van der Waals surface area contributed by atoms with Gasteiger partial charge in [0.1, 0.15) is 0 Å². The van der Waals surface area contributed by atoms with Gasteiger partial charge in [-0.05, 0) is 55.9 Å². The maximum atomic E-state index is 14.2. The van der Waals surface area contributed by atoms with Crippen molar-refractivity contribution in [2.75, 3.05) is 0 Å². The van der Waals surface area contributed by atoms with Crippen LogP contribution in [-0.2, 0) is 32.1 Å². The number of hydrogen-bond acceptors (Lipinski definition) is 15. The summed E-state index contributed by atoms with van der Waals surface area (Å²) in [6, 6.07) is 33.7. The van der Waals surface area contributed by atoms with Crippen molar-refractivity contribution in [3.05, 3.63) is 173 Å². The lowest BCUT2D eigenvalue weighted by molar-refractivity contribution is 0.0697. The number of nitrogens with zero attached hydrogens (tertiary/aromatic N) is 10. The van der Waals surface area contributed by atoms with Crippen LogP contribution < -0.4 is 11.1 Å². The number of benzene rings is 4. The second-order valence-corrected chi connectivity index (χ2v) is 19.8. The third-order valence-electron chi connectivity index (χ3n) is 11.5. The lowest BCUT2D eigenvalue weighted by Crippen LogP contribution is -2.13. The van der Waals surface area contributed by atoms with E-state index in [0.717, 1.165) is 61.9 Å². The minimum atomic E-state index is -1.04. The summed E-state index contributed by atoms with van der Waals surface area (Å²) < 4.78 is 2.75. The number of nitrogens with one attached hydrogen (secondary N) is 2. The highest BCUT2D eigenvalue weighted by Crippen LogP contribution is 2.35. The third kappa shape index (κ3) is 9.82. The van der Waals surface area contributed by atoms with Crippen LogP contribution in [0.1, 0.15) is 57.8 Å². The molecule has 0 saturated heterocycles. The van der Waals surface area contributed by atoms with E-state index in [0.29, 0.717) is 62.4 Å². The highest BCUT2D eigenvalue weighted by molar-refractivity contribution is 7.15. The minimum Gasteiger partial charge on any atom is -0.478 e. The fourth-order valence-electron chi connectivity index (χ4n) is 7.91. The zero-order chi connectivity index (χ0) is 49.0. The summed E-state index contributed by atoms with van der Waals surface area (Å²) in [5, 5.41) is 39.6. The Morgan fingerprint density at radius 2 is 1.08 bits per heavy atom. The SMILES string of the molecule is CCc1nc(N=Nc2c(-c3cccc(CCc4sc(N=Nc5c(-c6ccccc6)[nH]n(-c6nc(-c7cccc(C(=O)O)c7)cs6)c5=O)nc4CC)c3)[nH]n(-c3nc(-c4ccccc4)cs3)c2=O)sc1CC. The standard InChI is InChI=1S/C51H42N12O4S4/c1-4-35-39(6-3)70-48(52-35)58-57-44-42(61-63(46(44)65)50-54-37(27-68-50)30-16-9-7-10-17-30)33-21-13-15-29(25-33)23-24-40-36(5-2)53-49(71-40)59-56-43-41(31-18-11-8-12-19-31)60-62(45(43)64)51-55-38(28-69-51)32-20-14-22-34(26-32)47(66)67/h7-22,25-28,60-61H,4-6,23-24H2,1-3H3,(H,66,67). The van der Waals surface area contributed by atoms with Crippen LogP contribution in [0.2, 0.25) is 0 Å². The molecule has 0 aliphatic rings. The maximum absolute atomic E-state index is 14.2. The van der Waals surface area contributed by atoms with Gasteiger partial charge in [-0.1, -0.05) is 134 Å². The van der Waals surface area contributed by atoms with E-state index in [1.807, 2.05) is 91.2 Å². The topological polar surface area (TPSA) is 214 Å². The van der Waals surface area contributed by atoms with E-state index in [1.54, 1.807) is 23.6 Å². The molecule has 0 amide bonds. The lowest BCUT2D eigenvalue weighted by atomic mass is 10.0. The number of aromatic amines is 2. The molecule has 0 radical (unpaired) electrons. The normalized spacial score (nSPS) is 11.7. The first-order chi connectivity index (χ1) is 34.7. The van der Waals surface area contributed by atoms with E-state index in [9.17, 15) is 19.5 Å². The summed E-state index contributed by atoms with van der Waals surface area (Å²) in [5.74, 6) is -1.04. The Bertz CT molecular complexity index is 3700. The average Bonchev–Trinajstić information content (AvgIpc) is 4.29. The number of rotatable bonds is 17. The van der Waals surface area contributed by atoms with Crippen molar-refractivity contribution in [2.24, 2.45) is 20.5 Å². The zero-order valence-electron chi connectivity index (χ0n) is 38.4. The predicted octanol–water partition coefficient (Wildman–Crippen LogP) is 13.1. The molecule has 0 fully saturated rings. The Labute approximate surface area is 421 Å². The summed E-state index contributed by atoms with van der Waals surface area (Å²) in [7, 11) is 0. The number of aromatic nitrogens is 8. The number of hydrogen-bond donors (Lipinski definition) is 3. The first kappa shape index (κ1) is 46.8. The van der Waals surface area contributed by atoms with Gasteiger partial charge in [0, 0.05) is 42.8 Å². The molecule has 10 aromatic rings. The molecule has 6 heterocycles. The van der Waals surface area contributed by atoms with Gasteiger partial charge in [-0.25, -0.2) is 24.7 Å². The molecular formula is C51H42N12O4S4. The van der Waals surface area contributed by atoms with Crippen molar-refractivity contribution >= 4 is 73.0 Å². The van der Waals surface area contributed by atoms with Gasteiger partial charge in [-0.2, -0.15) is 9.36 Å². The summed E-state index contributed by atoms with van der Waals surface area (Å²) >= 11 is 5.50. The fraction of sp³-hybridized carbons (Fsp3) is 0.157. The predicted molar refractivity (Wildman–Crippen MR) is 281 cm³/mol. The molecule has 354 valence electrons. The first-order valence-corrected chi connectivity index (χ1v) is 26.0. The van der Waals surface area contributed by atoms with Gasteiger partial charge in [0.25, 0.3) is 0 Å². The van der Waals surface area contributed by atoms with Gasteiger partial charge in [0.2, 0.25) is 20.5 Å². The molecule has 10 rings (SSSR count). The fourth-order valence-corrected chi connectivity index (χ4v) is 11.4. The molecule has 0 bridgehead atoms. The van der Waals surface area contributed by atoms with Gasteiger partial charge < -0.3 is 5.11 Å². The Balaban J connectivity index is 0.926. The van der Waals surface area contributed by atoms with Crippen molar-refractivity contribution in [3.8, 4) is 55.3 Å². The monoisotopic (exact) mass is 1010 g/mol. The molecule has 0 unspecified atom stereocenters. The number of azo groups is 2. The Morgan fingerprint density at radius 1 is 0.563 bits per heavy atom. The van der Waals surface area contributed by atoms with E-state index in [-0.39, 0.29) is 22.5 Å². The summed E-state index contributed by atoms with van der Waals surface area (Å²) in [5.41, 5.74) is 7.75. The van der Waals surface area contributed by atoms with Crippen LogP contribution in [0, 0.1) is 0 Å². The molecule has 0 saturated carbocycles. The van der Waals surface area contributed by atoms with E-state index in [4.69, 9.17) is 9.97 Å². The van der Waals surface area contributed by atoms with Gasteiger partial charge in [0.05, 0.1) is 39.7 Å². The van der Waals surface area contributed by atoms with E-state index < -0.39 is 11.5 Å². The van der Waals surface area contributed by atoms with Gasteiger partial charge in [-0.3, -0.25) is 19.8 Å². The van der Waals surface area contributed by atoms with Crippen LogP contribution in [0.5, 0.6) is 0 Å². The van der Waals surface area contributed by atoms with Crippen LogP contribution in [0.25, 0.3) is 55.3 Å². The molecule has 3 N–H and O–H groups in total. The lowest BCUT2D eigenvalue weighted by Gasteiger charge is -2.05. The number of H-pyrrole nitrogens is 2. The molecule has 20 heteroatoms. The number of aromatic carboxylic acids is 1. The highest BCUT2D eigenvalue weighted by Gasteiger charge is 2.23. The number of carboxylic acids is 1. The van der Waals surface area contributed by atoms with Crippen molar-refractivity contribution < 1.29 is 9.90 Å². The number of thiazole rings is 4. The summed E-state index contributed by atoms with van der Waals surface area (Å²) in [6.45, 7) is 6.19. The molecule has 0 atom stereocenters. The largest absolute Gasteiger partial charge is 0.478 e. The number of carbonyl (C=O) groups is 1. The molecule has 16 nitrogen and oxygen atoms in total. The third-order valence-corrected chi connectivity index (χ3v) is 15.3. The molecule has 0 aliphatic heterocycles. The zero-order valence-corrected chi connectivity index (χ0v) is 41.6. The van der Waals surface area contributed by atoms with Crippen molar-refractivity contribution in [3.63, 3.8) is 0 Å². The van der Waals surface area contributed by atoms with E-state index in [1.165, 1.54) is 60.8 Å². The van der Waals surface area contributed by atoms with Crippen LogP contribution in [0.15, 0.2) is 150 Å². The second kappa shape index (κ2) is 20.6. The first-order valence-electron chi connectivity index (χ1n) is 22.6. The molecule has 71 heavy (non-hydrogen) atoms. The highest BCUT2D eigenvalue weighted by atomic mass is 32.1. The van der Waals surface area contributed by atoms with Gasteiger partial charge in [0.15, 0.2) is 11.4 Å². The van der Waals surface area contributed by atoms with E-state index in [2.05, 4.69) is 60.5 Å². The molecule has 0 spiro atoms. The van der Waals surface area contributed by atoms with Crippen LogP contribution in [0.4, 0.5) is 21.6 Å². The van der Waals surface area contributed by atoms with Crippen LogP contribution in [-0.4, -0.2) is 50.6 Å². The molecule has 0 aliphatic carbocycles. The Kier molecular flexibility index (Phi) is 13.6. The Hall–Kier alpha value is -7.91.